The molecule has 3 aliphatic heterocycles. The topological polar surface area (TPSA) is 105 Å². The van der Waals surface area contributed by atoms with Gasteiger partial charge in [0, 0.05) is 49.8 Å². The maximum Gasteiger partial charge on any atom is 0.490 e. The number of piperazine rings is 1. The average molecular weight is 566 g/mol. The molecule has 8 nitrogen and oxygen atoms in total. The number of carbonyl (C=O) groups excluding carboxylic acids is 1. The van der Waals surface area contributed by atoms with Crippen LogP contribution >= 0.6 is 0 Å². The van der Waals surface area contributed by atoms with Crippen molar-refractivity contribution in [3.05, 3.63) is 95.7 Å². The molecule has 0 aliphatic carbocycles. The number of carboxylic acid groups (broad SMARTS) is 1. The fourth-order valence-electron chi connectivity index (χ4n) is 5.57. The number of benzene rings is 3. The Labute approximate surface area is 234 Å². The molecule has 41 heavy (non-hydrogen) atoms. The highest BCUT2D eigenvalue weighted by atomic mass is 19.4. The maximum atomic E-state index is 11.7. The van der Waals surface area contributed by atoms with Gasteiger partial charge < -0.3 is 10.8 Å². The summed E-state index contributed by atoms with van der Waals surface area (Å²) in [4.78, 5) is 26.0. The van der Waals surface area contributed by atoms with E-state index in [4.69, 9.17) is 15.6 Å². The molecule has 3 N–H and O–H groups in total. The summed E-state index contributed by atoms with van der Waals surface area (Å²) in [6.07, 6.45) is -0.551. The van der Waals surface area contributed by atoms with Crippen molar-refractivity contribution in [2.45, 2.75) is 44.2 Å². The molecule has 1 amide bonds. The summed E-state index contributed by atoms with van der Waals surface area (Å²) in [5.41, 5.74) is 10.3. The van der Waals surface area contributed by atoms with Gasteiger partial charge in [0.1, 0.15) is 5.52 Å². The second kappa shape index (κ2) is 11.7. The number of nitrogens with two attached hydrogens (primary N) is 1. The molecule has 2 atom stereocenters. The average Bonchev–Trinajstić information content (AvgIpc) is 3.39. The van der Waals surface area contributed by atoms with E-state index in [0.29, 0.717) is 23.2 Å². The van der Waals surface area contributed by atoms with Gasteiger partial charge in [-0.2, -0.15) is 18.3 Å². The predicted octanol–water partition coefficient (Wildman–Crippen LogP) is 4.61. The summed E-state index contributed by atoms with van der Waals surface area (Å²) in [5, 5.41) is 12.7. The lowest BCUT2D eigenvalue weighted by Gasteiger charge is -2.51. The highest BCUT2D eigenvalue weighted by molar-refractivity contribution is 6.04. The Hall–Kier alpha value is -4.22. The fraction of sp³-hybridized carbons (Fsp3) is 0.300. The first-order chi connectivity index (χ1) is 19.6. The first-order valence-electron chi connectivity index (χ1n) is 13.3. The molecule has 2 unspecified atom stereocenters. The smallest absolute Gasteiger partial charge is 0.475 e. The number of halogens is 3. The van der Waals surface area contributed by atoms with E-state index in [-0.39, 0.29) is 0 Å². The number of fused-ring (bicyclic) bond motifs is 4. The third kappa shape index (κ3) is 6.58. The minimum absolute atomic E-state index is 0.453. The molecular formula is C30H30F3N5O3. The third-order valence-electron chi connectivity index (χ3n) is 7.62. The van der Waals surface area contributed by atoms with E-state index in [0.717, 1.165) is 37.3 Å². The van der Waals surface area contributed by atoms with Gasteiger partial charge in [-0.05, 0) is 42.2 Å². The van der Waals surface area contributed by atoms with E-state index in [1.165, 1.54) is 24.0 Å². The normalized spacial score (nSPS) is 19.1. The van der Waals surface area contributed by atoms with Gasteiger partial charge in [-0.3, -0.25) is 14.6 Å². The quantitative estimate of drug-likeness (QED) is 0.354. The second-order valence-electron chi connectivity index (χ2n) is 10.4. The Morgan fingerprint density at radius 3 is 1.93 bits per heavy atom. The van der Waals surface area contributed by atoms with Crippen molar-refractivity contribution in [1.82, 2.24) is 19.6 Å². The molecule has 2 bridgehead atoms. The van der Waals surface area contributed by atoms with Crippen LogP contribution in [0, 0.1) is 0 Å². The molecule has 0 spiro atoms. The van der Waals surface area contributed by atoms with Crippen LogP contribution in [0.3, 0.4) is 0 Å². The molecule has 7 rings (SSSR count). The van der Waals surface area contributed by atoms with Gasteiger partial charge in [-0.25, -0.2) is 9.48 Å². The first kappa shape index (κ1) is 28.3. The number of aromatic nitrogens is 2. The van der Waals surface area contributed by atoms with E-state index in [1.54, 1.807) is 6.07 Å². The van der Waals surface area contributed by atoms with E-state index >= 15 is 0 Å². The van der Waals surface area contributed by atoms with Gasteiger partial charge in [0.15, 0.2) is 0 Å². The van der Waals surface area contributed by atoms with E-state index in [1.807, 2.05) is 23.0 Å². The lowest BCUT2D eigenvalue weighted by molar-refractivity contribution is -0.192. The number of piperidine rings is 2. The molecule has 0 radical (unpaired) electrons. The van der Waals surface area contributed by atoms with E-state index in [2.05, 4.69) is 69.5 Å². The van der Waals surface area contributed by atoms with Crippen LogP contribution in [0.1, 0.15) is 34.3 Å². The molecular weight excluding hydrogens is 535 g/mol. The maximum absolute atomic E-state index is 11.7. The van der Waals surface area contributed by atoms with Crippen LogP contribution in [0.5, 0.6) is 0 Å². The summed E-state index contributed by atoms with van der Waals surface area (Å²) in [7, 11) is 0. The lowest BCUT2D eigenvalue weighted by atomic mass is 9.90. The van der Waals surface area contributed by atoms with Gasteiger partial charge in [0.25, 0.3) is 5.91 Å². The third-order valence-corrected chi connectivity index (χ3v) is 7.62. The van der Waals surface area contributed by atoms with Gasteiger partial charge in [0.05, 0.1) is 11.3 Å². The summed E-state index contributed by atoms with van der Waals surface area (Å²) in [6.45, 7) is 4.33. The molecule has 4 aromatic rings. The standard InChI is InChI=1S/C28H29N5O.C2HF3O2/c29-28(34)26-8-4-7-22-17-33(30-27(22)26)23-11-9-21(10-12-23)16-32-19-24-13-14-25(32)18-31(24)15-20-5-2-1-3-6-20;3-2(4,5)1(6)7/h1-12,17,24-25H,13-16,18-19H2,(H2,29,34);(H,6,7). The summed E-state index contributed by atoms with van der Waals surface area (Å²) in [5.74, 6) is -3.21. The van der Waals surface area contributed by atoms with E-state index in [9.17, 15) is 18.0 Å². The Kier molecular flexibility index (Phi) is 8.09. The fourth-order valence-corrected chi connectivity index (χ4v) is 5.57. The second-order valence-corrected chi connectivity index (χ2v) is 10.4. The number of primary amides is 1. The summed E-state index contributed by atoms with van der Waals surface area (Å²) in [6, 6.07) is 26.2. The van der Waals surface area contributed by atoms with Crippen molar-refractivity contribution >= 4 is 22.8 Å². The molecule has 0 saturated carbocycles. The summed E-state index contributed by atoms with van der Waals surface area (Å²) < 4.78 is 33.6. The van der Waals surface area contributed by atoms with Crippen molar-refractivity contribution in [2.24, 2.45) is 5.73 Å². The van der Waals surface area contributed by atoms with Crippen LogP contribution in [0.25, 0.3) is 16.6 Å². The zero-order valence-corrected chi connectivity index (χ0v) is 22.2. The van der Waals surface area contributed by atoms with Gasteiger partial charge in [-0.1, -0.05) is 54.6 Å². The Morgan fingerprint density at radius 2 is 1.41 bits per heavy atom. The minimum Gasteiger partial charge on any atom is -0.475 e. The van der Waals surface area contributed by atoms with E-state index < -0.39 is 18.1 Å². The number of carboxylic acids is 1. The van der Waals surface area contributed by atoms with Crippen LogP contribution in [0.4, 0.5) is 13.2 Å². The van der Waals surface area contributed by atoms with Crippen molar-refractivity contribution in [1.29, 1.82) is 0 Å². The zero-order chi connectivity index (χ0) is 29.1. The Bertz CT molecular complexity index is 1520. The number of alkyl halides is 3. The van der Waals surface area contributed by atoms with Crippen LogP contribution in [-0.2, 0) is 17.9 Å². The molecule has 3 aliphatic rings. The van der Waals surface area contributed by atoms with Crippen LogP contribution < -0.4 is 5.73 Å². The lowest BCUT2D eigenvalue weighted by Crippen LogP contribution is -2.61. The number of aliphatic carboxylic acids is 1. The highest BCUT2D eigenvalue weighted by Crippen LogP contribution is 2.31. The SMILES string of the molecule is NC(=O)c1cccc2cn(-c3ccc(CN4CC5CCC4CN5Cc4ccccc4)cc3)nc12.O=C(O)C(F)(F)F. The number of amides is 1. The number of hydrogen-bond acceptors (Lipinski definition) is 5. The van der Waals surface area contributed by atoms with Gasteiger partial charge >= 0.3 is 12.1 Å². The molecule has 3 fully saturated rings. The number of nitrogens with zero attached hydrogens (tertiary/aromatic N) is 4. The monoisotopic (exact) mass is 565 g/mol. The van der Waals surface area contributed by atoms with Crippen molar-refractivity contribution < 1.29 is 27.9 Å². The molecule has 214 valence electrons. The molecule has 1 aromatic heterocycles. The van der Waals surface area contributed by atoms with Crippen LogP contribution in [0.15, 0.2) is 79.0 Å². The van der Waals surface area contributed by atoms with Gasteiger partial charge in [0.2, 0.25) is 0 Å². The van der Waals surface area contributed by atoms with Crippen LogP contribution in [0.2, 0.25) is 0 Å². The number of carbonyl (C=O) groups is 2. The van der Waals surface area contributed by atoms with Crippen molar-refractivity contribution in [2.75, 3.05) is 13.1 Å². The van der Waals surface area contributed by atoms with Gasteiger partial charge in [-0.15, -0.1) is 0 Å². The summed E-state index contributed by atoms with van der Waals surface area (Å²) >= 11 is 0. The number of hydrogen-bond donors (Lipinski definition) is 2. The Morgan fingerprint density at radius 1 is 0.854 bits per heavy atom. The largest absolute Gasteiger partial charge is 0.490 e. The molecule has 3 saturated heterocycles. The van der Waals surface area contributed by atoms with Crippen molar-refractivity contribution in [3.63, 3.8) is 0 Å². The van der Waals surface area contributed by atoms with Crippen molar-refractivity contribution in [3.8, 4) is 5.69 Å². The highest BCUT2D eigenvalue weighted by Gasteiger charge is 2.39. The molecule has 4 heterocycles. The Balaban J connectivity index is 0.000000431. The molecule has 11 heteroatoms. The molecule has 3 aromatic carbocycles. The predicted molar refractivity (Wildman–Crippen MR) is 147 cm³/mol. The zero-order valence-electron chi connectivity index (χ0n) is 22.2. The van der Waals surface area contributed by atoms with Crippen LogP contribution in [-0.4, -0.2) is 67.9 Å². The number of rotatable bonds is 6. The first-order valence-corrected chi connectivity index (χ1v) is 13.3. The minimum atomic E-state index is -5.08.